The van der Waals surface area contributed by atoms with E-state index in [0.717, 1.165) is 16.6 Å². The van der Waals surface area contributed by atoms with E-state index >= 15 is 0 Å². The number of carbonyl (C=O) groups is 1. The van der Waals surface area contributed by atoms with Gasteiger partial charge in [0.2, 0.25) is 0 Å². The highest BCUT2D eigenvalue weighted by Gasteiger charge is 2.40. The van der Waals surface area contributed by atoms with Crippen LogP contribution >= 0.6 is 0 Å². The van der Waals surface area contributed by atoms with Crippen LogP contribution in [0, 0.1) is 0 Å². The second-order valence-corrected chi connectivity index (χ2v) is 7.68. The molecule has 0 radical (unpaired) electrons. The van der Waals surface area contributed by atoms with Crippen molar-refractivity contribution in [3.05, 3.63) is 30.0 Å². The molecule has 1 aromatic heterocycles. The lowest BCUT2D eigenvalue weighted by atomic mass is 9.86. The van der Waals surface area contributed by atoms with Crippen LogP contribution in [0.15, 0.2) is 24.3 Å². The Labute approximate surface area is 148 Å². The van der Waals surface area contributed by atoms with Gasteiger partial charge in [-0.15, -0.1) is 0 Å². The minimum absolute atomic E-state index is 0.316. The van der Waals surface area contributed by atoms with Crippen molar-refractivity contribution >= 4 is 17.0 Å². The topological polar surface area (TPSA) is 67.6 Å². The number of ether oxygens (including phenoxy) is 1. The van der Waals surface area contributed by atoms with Crippen molar-refractivity contribution in [2.24, 2.45) is 0 Å². The first-order valence-electron chi connectivity index (χ1n) is 8.90. The summed E-state index contributed by atoms with van der Waals surface area (Å²) in [6, 6.07) is 7.88. The van der Waals surface area contributed by atoms with E-state index < -0.39 is 11.2 Å². The van der Waals surface area contributed by atoms with Crippen molar-refractivity contribution in [1.82, 2.24) is 14.7 Å². The number of aryl methyl sites for hydroxylation is 1. The molecule has 2 aromatic rings. The minimum Gasteiger partial charge on any atom is -0.444 e. The van der Waals surface area contributed by atoms with Gasteiger partial charge >= 0.3 is 6.09 Å². The van der Waals surface area contributed by atoms with Gasteiger partial charge in [-0.25, -0.2) is 4.79 Å². The number of aliphatic hydroxyl groups is 1. The van der Waals surface area contributed by atoms with Crippen LogP contribution in [-0.2, 0) is 16.9 Å². The smallest absolute Gasteiger partial charge is 0.410 e. The number of benzene rings is 1. The van der Waals surface area contributed by atoms with Crippen molar-refractivity contribution in [3.8, 4) is 0 Å². The Morgan fingerprint density at radius 2 is 1.92 bits per heavy atom. The third kappa shape index (κ3) is 3.49. The molecule has 0 spiro atoms. The second-order valence-electron chi connectivity index (χ2n) is 7.68. The number of aromatic nitrogens is 2. The van der Waals surface area contributed by atoms with Crippen LogP contribution in [0.3, 0.4) is 0 Å². The van der Waals surface area contributed by atoms with Crippen molar-refractivity contribution in [1.29, 1.82) is 0 Å². The minimum atomic E-state index is -0.982. The molecule has 0 aliphatic carbocycles. The first-order valence-corrected chi connectivity index (χ1v) is 8.90. The summed E-state index contributed by atoms with van der Waals surface area (Å²) in [5, 5.41) is 16.9. The maximum Gasteiger partial charge on any atom is 0.410 e. The predicted molar refractivity (Wildman–Crippen MR) is 96.3 cm³/mol. The van der Waals surface area contributed by atoms with Gasteiger partial charge in [0.05, 0.1) is 11.2 Å². The lowest BCUT2D eigenvalue weighted by Crippen LogP contribution is -2.47. The average Bonchev–Trinajstić information content (AvgIpc) is 2.93. The number of hydrogen-bond donors (Lipinski definition) is 1. The van der Waals surface area contributed by atoms with Crippen LogP contribution in [-0.4, -0.2) is 44.6 Å². The Hall–Kier alpha value is -2.08. The van der Waals surface area contributed by atoms with Crippen LogP contribution in [0.25, 0.3) is 10.9 Å². The fraction of sp³-hybridized carbons (Fsp3) is 0.579. The van der Waals surface area contributed by atoms with E-state index in [4.69, 9.17) is 4.74 Å². The maximum absolute atomic E-state index is 12.3. The Bertz CT molecular complexity index is 768. The molecule has 2 heterocycles. The third-order valence-corrected chi connectivity index (χ3v) is 4.63. The summed E-state index contributed by atoms with van der Waals surface area (Å²) < 4.78 is 7.32. The molecule has 1 saturated heterocycles. The number of likely N-dealkylation sites (tertiary alicyclic amines) is 1. The quantitative estimate of drug-likeness (QED) is 0.907. The molecule has 0 unspecified atom stereocenters. The van der Waals surface area contributed by atoms with Crippen LogP contribution in [0.4, 0.5) is 4.79 Å². The molecular formula is C19H27N3O3. The molecule has 1 aliphatic rings. The zero-order valence-corrected chi connectivity index (χ0v) is 15.5. The first kappa shape index (κ1) is 17.7. The molecule has 1 aliphatic heterocycles. The van der Waals surface area contributed by atoms with Gasteiger partial charge in [0.1, 0.15) is 11.2 Å². The number of hydrogen-bond acceptors (Lipinski definition) is 4. The summed E-state index contributed by atoms with van der Waals surface area (Å²) in [5.41, 5.74) is 0.253. The third-order valence-electron chi connectivity index (χ3n) is 4.63. The average molecular weight is 345 g/mol. The molecule has 6 heteroatoms. The highest BCUT2D eigenvalue weighted by atomic mass is 16.6. The number of amides is 1. The van der Waals surface area contributed by atoms with Crippen LogP contribution in [0.2, 0.25) is 0 Å². The highest BCUT2D eigenvalue weighted by Crippen LogP contribution is 2.37. The largest absolute Gasteiger partial charge is 0.444 e. The van der Waals surface area contributed by atoms with Gasteiger partial charge in [0.15, 0.2) is 0 Å². The highest BCUT2D eigenvalue weighted by molar-refractivity contribution is 5.82. The van der Waals surface area contributed by atoms with Crippen molar-refractivity contribution in [2.75, 3.05) is 13.1 Å². The zero-order chi connectivity index (χ0) is 18.2. The van der Waals surface area contributed by atoms with Gasteiger partial charge in [-0.2, -0.15) is 5.10 Å². The Morgan fingerprint density at radius 1 is 1.28 bits per heavy atom. The van der Waals surface area contributed by atoms with E-state index in [9.17, 15) is 9.90 Å². The van der Waals surface area contributed by atoms with Crippen molar-refractivity contribution < 1.29 is 14.6 Å². The molecule has 0 saturated carbocycles. The van der Waals surface area contributed by atoms with E-state index in [-0.39, 0.29) is 6.09 Å². The van der Waals surface area contributed by atoms with E-state index in [0.29, 0.717) is 32.5 Å². The van der Waals surface area contributed by atoms with Gasteiger partial charge in [0.25, 0.3) is 0 Å². The summed E-state index contributed by atoms with van der Waals surface area (Å²) in [6.45, 7) is 9.23. The molecule has 25 heavy (non-hydrogen) atoms. The van der Waals surface area contributed by atoms with Crippen molar-refractivity contribution in [3.63, 3.8) is 0 Å². The second kappa shape index (κ2) is 6.33. The molecular weight excluding hydrogens is 318 g/mol. The van der Waals surface area contributed by atoms with Crippen molar-refractivity contribution in [2.45, 2.75) is 58.3 Å². The normalized spacial score (nSPS) is 17.7. The fourth-order valence-electron chi connectivity index (χ4n) is 3.42. The van der Waals surface area contributed by atoms with Gasteiger partial charge < -0.3 is 14.7 Å². The molecule has 6 nitrogen and oxygen atoms in total. The van der Waals surface area contributed by atoms with Crippen LogP contribution in [0.1, 0.15) is 46.2 Å². The molecule has 0 atom stereocenters. The van der Waals surface area contributed by atoms with Gasteiger partial charge in [0, 0.05) is 25.0 Å². The van der Waals surface area contributed by atoms with Gasteiger partial charge in [-0.05, 0) is 46.6 Å². The lowest BCUT2D eigenvalue weighted by Gasteiger charge is -2.39. The summed E-state index contributed by atoms with van der Waals surface area (Å²) >= 11 is 0. The van der Waals surface area contributed by atoms with Gasteiger partial charge in [-0.1, -0.05) is 18.2 Å². The summed E-state index contributed by atoms with van der Waals surface area (Å²) in [5.74, 6) is 0. The lowest BCUT2D eigenvalue weighted by molar-refractivity contribution is -0.0396. The first-order chi connectivity index (χ1) is 11.7. The molecule has 1 N–H and O–H groups in total. The number of rotatable bonds is 2. The van der Waals surface area contributed by atoms with Crippen LogP contribution < -0.4 is 0 Å². The summed E-state index contributed by atoms with van der Waals surface area (Å²) in [4.78, 5) is 13.9. The standard InChI is InChI=1S/C19H27N3O3/c1-5-22-16(14-8-6-7-9-15(14)20-22)19(24)10-12-21(13-11-19)17(23)25-18(2,3)4/h6-9,24H,5,10-13H2,1-4H3. The summed E-state index contributed by atoms with van der Waals surface area (Å²) in [6.07, 6.45) is 0.632. The van der Waals surface area contributed by atoms with E-state index in [1.807, 2.05) is 56.6 Å². The van der Waals surface area contributed by atoms with Crippen LogP contribution in [0.5, 0.6) is 0 Å². The molecule has 136 valence electrons. The van der Waals surface area contributed by atoms with Gasteiger partial charge in [-0.3, -0.25) is 4.68 Å². The molecule has 0 bridgehead atoms. The molecule has 3 rings (SSSR count). The number of carbonyl (C=O) groups excluding carboxylic acids is 1. The monoisotopic (exact) mass is 345 g/mol. The number of fused-ring (bicyclic) bond motifs is 1. The van der Waals surface area contributed by atoms with E-state index in [2.05, 4.69) is 5.10 Å². The Kier molecular flexibility index (Phi) is 4.49. The molecule has 1 amide bonds. The van der Waals surface area contributed by atoms with E-state index in [1.54, 1.807) is 4.90 Å². The number of nitrogens with zero attached hydrogens (tertiary/aromatic N) is 3. The fourth-order valence-corrected chi connectivity index (χ4v) is 3.42. The summed E-state index contributed by atoms with van der Waals surface area (Å²) in [7, 11) is 0. The number of piperidine rings is 1. The Morgan fingerprint density at radius 3 is 2.52 bits per heavy atom. The zero-order valence-electron chi connectivity index (χ0n) is 15.5. The predicted octanol–water partition coefficient (Wildman–Crippen LogP) is 3.27. The SMILES string of the molecule is CCn1nc2ccccc2c1C1(O)CCN(C(=O)OC(C)(C)C)CC1. The van der Waals surface area contributed by atoms with E-state index in [1.165, 1.54) is 0 Å². The molecule has 1 fully saturated rings. The molecule has 1 aromatic carbocycles. The Balaban J connectivity index is 1.83. The maximum atomic E-state index is 12.3.